The molecule has 0 aliphatic heterocycles. The molecule has 0 spiro atoms. The molecule has 0 aliphatic carbocycles. The third-order valence-electron chi connectivity index (χ3n) is 4.81. The summed E-state index contributed by atoms with van der Waals surface area (Å²) in [6.07, 6.45) is 1.48. The minimum absolute atomic E-state index is 0.0705. The van der Waals surface area contributed by atoms with Gasteiger partial charge < -0.3 is 9.73 Å². The Morgan fingerprint density at radius 1 is 1.09 bits per heavy atom. The van der Waals surface area contributed by atoms with Gasteiger partial charge in [0.05, 0.1) is 25.0 Å². The second-order valence-electron chi connectivity index (χ2n) is 7.13. The number of rotatable bonds is 6. The van der Waals surface area contributed by atoms with Gasteiger partial charge in [-0.3, -0.25) is 14.2 Å². The third kappa shape index (κ3) is 4.40. The molecule has 2 heterocycles. The average molecular weight is 451 g/mol. The van der Waals surface area contributed by atoms with Crippen molar-refractivity contribution >= 4 is 17.5 Å². The second-order valence-corrected chi connectivity index (χ2v) is 7.53. The Morgan fingerprint density at radius 3 is 2.62 bits per heavy atom. The van der Waals surface area contributed by atoms with Crippen LogP contribution in [0.4, 0.5) is 0 Å². The van der Waals surface area contributed by atoms with Crippen molar-refractivity contribution in [1.82, 2.24) is 19.7 Å². The average Bonchev–Trinajstić information content (AvgIpc) is 3.30. The number of furan rings is 1. The van der Waals surface area contributed by atoms with Gasteiger partial charge in [0, 0.05) is 5.02 Å². The number of hydrogen-bond acceptors (Lipinski definition) is 5. The van der Waals surface area contributed by atoms with Crippen LogP contribution in [0.25, 0.3) is 5.69 Å². The number of carbonyl (C=O) groups is 1. The van der Waals surface area contributed by atoms with Crippen molar-refractivity contribution in [2.45, 2.75) is 20.0 Å². The molecule has 0 unspecified atom stereocenters. The number of hydrogen-bond donors (Lipinski definition) is 1. The van der Waals surface area contributed by atoms with Crippen LogP contribution in [0.15, 0.2) is 80.9 Å². The molecule has 0 atom stereocenters. The Kier molecular flexibility index (Phi) is 6.04. The predicted molar refractivity (Wildman–Crippen MR) is 119 cm³/mol. The maximum Gasteiger partial charge on any atom is 0.352 e. The molecule has 162 valence electrons. The van der Waals surface area contributed by atoms with E-state index in [1.54, 1.807) is 54.6 Å². The number of halogens is 1. The highest BCUT2D eigenvalue weighted by molar-refractivity contribution is 6.31. The molecular formula is C23H19ClN4O4. The van der Waals surface area contributed by atoms with Crippen molar-refractivity contribution in [1.29, 1.82) is 0 Å². The Morgan fingerprint density at radius 2 is 1.91 bits per heavy atom. The van der Waals surface area contributed by atoms with E-state index in [0.717, 1.165) is 14.8 Å². The van der Waals surface area contributed by atoms with E-state index in [1.165, 1.54) is 6.26 Å². The van der Waals surface area contributed by atoms with E-state index in [0.29, 0.717) is 22.0 Å². The first kappa shape index (κ1) is 21.3. The molecule has 9 heteroatoms. The van der Waals surface area contributed by atoms with Gasteiger partial charge in [-0.05, 0) is 48.4 Å². The van der Waals surface area contributed by atoms with Crippen LogP contribution in [0.1, 0.15) is 27.4 Å². The van der Waals surface area contributed by atoms with Crippen molar-refractivity contribution in [2.75, 3.05) is 0 Å². The van der Waals surface area contributed by atoms with Crippen LogP contribution >= 0.6 is 11.6 Å². The Hall–Kier alpha value is -3.91. The van der Waals surface area contributed by atoms with E-state index in [4.69, 9.17) is 16.0 Å². The van der Waals surface area contributed by atoms with E-state index < -0.39 is 22.9 Å². The molecule has 2 aromatic carbocycles. The van der Waals surface area contributed by atoms with Crippen molar-refractivity contribution in [3.8, 4) is 5.69 Å². The topological polar surface area (TPSA) is 99.1 Å². The highest BCUT2D eigenvalue weighted by Gasteiger charge is 2.21. The minimum atomic E-state index is -0.809. The lowest BCUT2D eigenvalue weighted by molar-refractivity contribution is 0.0938. The van der Waals surface area contributed by atoms with Crippen molar-refractivity contribution in [2.24, 2.45) is 0 Å². The first-order valence-electron chi connectivity index (χ1n) is 9.79. The summed E-state index contributed by atoms with van der Waals surface area (Å²) in [6.45, 7) is 1.83. The van der Waals surface area contributed by atoms with Gasteiger partial charge in [0.25, 0.3) is 11.5 Å². The van der Waals surface area contributed by atoms with Gasteiger partial charge >= 0.3 is 5.69 Å². The normalized spacial score (nSPS) is 10.8. The van der Waals surface area contributed by atoms with Crippen LogP contribution in [-0.4, -0.2) is 20.3 Å². The third-order valence-corrected chi connectivity index (χ3v) is 5.18. The summed E-state index contributed by atoms with van der Waals surface area (Å²) in [6, 6.07) is 17.3. The summed E-state index contributed by atoms with van der Waals surface area (Å²) in [5.74, 6) is -0.206. The lowest BCUT2D eigenvalue weighted by atomic mass is 10.2. The zero-order valence-electron chi connectivity index (χ0n) is 17.1. The molecule has 0 radical (unpaired) electrons. The van der Waals surface area contributed by atoms with Gasteiger partial charge in [-0.15, -0.1) is 0 Å². The highest BCUT2D eigenvalue weighted by Crippen LogP contribution is 2.15. The summed E-state index contributed by atoms with van der Waals surface area (Å²) < 4.78 is 7.21. The van der Waals surface area contributed by atoms with Crippen molar-refractivity contribution < 1.29 is 9.21 Å². The van der Waals surface area contributed by atoms with E-state index >= 15 is 0 Å². The standard InChI is InChI=1S/C23H19ClN4O4/c1-15-6-4-8-17(12-15)28-23(31)27(14-16-7-2-3-10-19(16)24)22(30)20(26-28)21(29)25-13-18-9-5-11-32-18/h2-12H,13-14H2,1H3,(H,25,29). The fourth-order valence-electron chi connectivity index (χ4n) is 3.19. The van der Waals surface area contributed by atoms with Crippen molar-refractivity contribution in [3.63, 3.8) is 0 Å². The lowest BCUT2D eigenvalue weighted by Crippen LogP contribution is -2.46. The number of aromatic nitrogens is 3. The summed E-state index contributed by atoms with van der Waals surface area (Å²) >= 11 is 6.24. The molecular weight excluding hydrogens is 432 g/mol. The molecule has 1 amide bonds. The molecule has 0 saturated carbocycles. The minimum Gasteiger partial charge on any atom is -0.467 e. The maximum atomic E-state index is 13.2. The quantitative estimate of drug-likeness (QED) is 0.487. The van der Waals surface area contributed by atoms with Crippen LogP contribution in [-0.2, 0) is 13.1 Å². The van der Waals surface area contributed by atoms with Gasteiger partial charge in [-0.2, -0.15) is 9.78 Å². The first-order valence-corrected chi connectivity index (χ1v) is 10.2. The molecule has 0 saturated heterocycles. The Balaban J connectivity index is 1.82. The largest absolute Gasteiger partial charge is 0.467 e. The Labute approximate surface area is 187 Å². The maximum absolute atomic E-state index is 13.2. The van der Waals surface area contributed by atoms with E-state index in [9.17, 15) is 14.4 Å². The number of benzene rings is 2. The fourth-order valence-corrected chi connectivity index (χ4v) is 3.38. The van der Waals surface area contributed by atoms with Gasteiger partial charge in [0.2, 0.25) is 5.69 Å². The van der Waals surface area contributed by atoms with Gasteiger partial charge in [-0.1, -0.05) is 41.9 Å². The van der Waals surface area contributed by atoms with Crippen LogP contribution in [0.2, 0.25) is 5.02 Å². The van der Waals surface area contributed by atoms with Crippen LogP contribution in [0.5, 0.6) is 0 Å². The molecule has 32 heavy (non-hydrogen) atoms. The summed E-state index contributed by atoms with van der Waals surface area (Å²) in [5, 5.41) is 7.11. The number of carbonyl (C=O) groups excluding carboxylic acids is 1. The first-order chi connectivity index (χ1) is 15.4. The molecule has 0 bridgehead atoms. The van der Waals surface area contributed by atoms with Gasteiger partial charge in [0.15, 0.2) is 0 Å². The molecule has 0 aliphatic rings. The highest BCUT2D eigenvalue weighted by atomic mass is 35.5. The SMILES string of the molecule is Cc1cccc(-n2nc(C(=O)NCc3ccco3)c(=O)n(Cc3ccccc3Cl)c2=O)c1. The predicted octanol–water partition coefficient (Wildman–Crippen LogP) is 2.93. The number of nitrogens with zero attached hydrogens (tertiary/aromatic N) is 3. The van der Waals surface area contributed by atoms with Crippen LogP contribution < -0.4 is 16.6 Å². The smallest absolute Gasteiger partial charge is 0.352 e. The summed E-state index contributed by atoms with van der Waals surface area (Å²) in [4.78, 5) is 39.2. The molecule has 1 N–H and O–H groups in total. The lowest BCUT2D eigenvalue weighted by Gasteiger charge is -2.13. The molecule has 4 rings (SSSR count). The second kappa shape index (κ2) is 9.07. The number of aryl methyl sites for hydroxylation is 1. The number of amides is 1. The molecule has 2 aromatic heterocycles. The monoisotopic (exact) mass is 450 g/mol. The van der Waals surface area contributed by atoms with Gasteiger partial charge in [0.1, 0.15) is 5.76 Å². The Bertz CT molecular complexity index is 1390. The molecule has 0 fully saturated rings. The zero-order chi connectivity index (χ0) is 22.7. The van der Waals surface area contributed by atoms with E-state index in [1.807, 2.05) is 13.0 Å². The number of nitrogens with one attached hydrogen (secondary N) is 1. The zero-order valence-corrected chi connectivity index (χ0v) is 17.9. The van der Waals surface area contributed by atoms with Gasteiger partial charge in [-0.25, -0.2) is 4.79 Å². The summed E-state index contributed by atoms with van der Waals surface area (Å²) in [5.41, 5.74) is -0.00671. The fraction of sp³-hybridized carbons (Fsp3) is 0.130. The van der Waals surface area contributed by atoms with Crippen LogP contribution in [0, 0.1) is 6.92 Å². The molecule has 4 aromatic rings. The molecule has 8 nitrogen and oxygen atoms in total. The van der Waals surface area contributed by atoms with E-state index in [-0.39, 0.29) is 13.1 Å². The van der Waals surface area contributed by atoms with Crippen molar-refractivity contribution in [3.05, 3.63) is 115 Å². The van der Waals surface area contributed by atoms with E-state index in [2.05, 4.69) is 10.4 Å². The van der Waals surface area contributed by atoms with Crippen LogP contribution in [0.3, 0.4) is 0 Å². The summed E-state index contributed by atoms with van der Waals surface area (Å²) in [7, 11) is 0.